The van der Waals surface area contributed by atoms with Crippen molar-refractivity contribution < 1.29 is 4.74 Å². The third-order valence-electron chi connectivity index (χ3n) is 4.38. The second-order valence-electron chi connectivity index (χ2n) is 7.37. The monoisotopic (exact) mass is 380 g/mol. The lowest BCUT2D eigenvalue weighted by molar-refractivity contribution is 0.146. The van der Waals surface area contributed by atoms with Crippen LogP contribution in [0.25, 0.3) is 0 Å². The molecular weight excluding hydrogens is 340 g/mol. The van der Waals surface area contributed by atoms with Gasteiger partial charge in [-0.1, -0.05) is 33.6 Å². The van der Waals surface area contributed by atoms with Crippen LogP contribution in [0.3, 0.4) is 0 Å². The average Bonchev–Trinajstić information content (AvgIpc) is 3.08. The van der Waals surface area contributed by atoms with E-state index in [4.69, 9.17) is 9.73 Å². The van der Waals surface area contributed by atoms with Crippen molar-refractivity contribution in [3.63, 3.8) is 0 Å². The Kier molecular flexibility index (Phi) is 12.5. The Morgan fingerprint density at radius 3 is 2.74 bits per heavy atom. The van der Waals surface area contributed by atoms with Gasteiger partial charge in [-0.3, -0.25) is 4.99 Å². The van der Waals surface area contributed by atoms with Crippen LogP contribution in [0.5, 0.6) is 0 Å². The van der Waals surface area contributed by atoms with Crippen molar-refractivity contribution >= 4 is 5.96 Å². The van der Waals surface area contributed by atoms with E-state index in [0.29, 0.717) is 6.04 Å². The summed E-state index contributed by atoms with van der Waals surface area (Å²) in [5.74, 6) is 2.66. The second kappa shape index (κ2) is 14.4. The number of nitrogens with one attached hydrogen (secondary N) is 2. The smallest absolute Gasteiger partial charge is 0.191 e. The Labute approximate surface area is 165 Å². The zero-order chi connectivity index (χ0) is 19.9. The van der Waals surface area contributed by atoms with Crippen molar-refractivity contribution in [2.45, 2.75) is 79.3 Å². The van der Waals surface area contributed by atoms with Crippen LogP contribution in [-0.4, -0.2) is 53.1 Å². The first kappa shape index (κ1) is 23.4. The second-order valence-corrected chi connectivity index (χ2v) is 7.37. The highest BCUT2D eigenvalue weighted by molar-refractivity contribution is 5.80. The summed E-state index contributed by atoms with van der Waals surface area (Å²) in [4.78, 5) is 4.71. The van der Waals surface area contributed by atoms with E-state index in [-0.39, 0.29) is 0 Å². The van der Waals surface area contributed by atoms with E-state index in [1.165, 1.54) is 12.8 Å². The first-order chi connectivity index (χ1) is 13.1. The van der Waals surface area contributed by atoms with E-state index in [1.54, 1.807) is 6.33 Å². The molecule has 0 aromatic carbocycles. The molecule has 1 aromatic heterocycles. The van der Waals surface area contributed by atoms with Crippen molar-refractivity contribution in [2.24, 2.45) is 10.9 Å². The average molecular weight is 381 g/mol. The number of ether oxygens (including phenoxy) is 1. The molecule has 0 spiro atoms. The molecule has 0 aliphatic rings. The Balaban J connectivity index is 2.47. The minimum Gasteiger partial charge on any atom is -0.382 e. The van der Waals surface area contributed by atoms with Gasteiger partial charge in [0, 0.05) is 45.3 Å². The molecule has 0 bridgehead atoms. The number of aryl methyl sites for hydroxylation is 1. The molecule has 2 N–H and O–H groups in total. The lowest BCUT2D eigenvalue weighted by Gasteiger charge is -2.19. The molecular formula is C20H40N6O. The van der Waals surface area contributed by atoms with Gasteiger partial charge < -0.3 is 19.9 Å². The fourth-order valence-corrected chi connectivity index (χ4v) is 2.83. The maximum absolute atomic E-state index is 5.40. The molecule has 27 heavy (non-hydrogen) atoms. The van der Waals surface area contributed by atoms with Gasteiger partial charge in [0.1, 0.15) is 12.2 Å². The summed E-state index contributed by atoms with van der Waals surface area (Å²) in [5.41, 5.74) is 0. The molecule has 1 unspecified atom stereocenters. The molecule has 1 heterocycles. The van der Waals surface area contributed by atoms with Crippen LogP contribution in [0.4, 0.5) is 0 Å². The molecule has 1 atom stereocenters. The minimum absolute atomic E-state index is 0.406. The summed E-state index contributed by atoms with van der Waals surface area (Å²) in [5, 5.41) is 15.1. The van der Waals surface area contributed by atoms with Gasteiger partial charge in [-0.25, -0.2) is 0 Å². The Morgan fingerprint density at radius 2 is 2.04 bits per heavy atom. The molecule has 1 aromatic rings. The number of hydrogen-bond donors (Lipinski definition) is 2. The van der Waals surface area contributed by atoms with Gasteiger partial charge >= 0.3 is 0 Å². The molecule has 1 rings (SSSR count). The van der Waals surface area contributed by atoms with E-state index in [9.17, 15) is 0 Å². The summed E-state index contributed by atoms with van der Waals surface area (Å²) in [7, 11) is 0. The molecule has 0 amide bonds. The van der Waals surface area contributed by atoms with Crippen LogP contribution >= 0.6 is 0 Å². The highest BCUT2D eigenvalue weighted by atomic mass is 16.5. The topological polar surface area (TPSA) is 76.4 Å². The highest BCUT2D eigenvalue weighted by Gasteiger charge is 2.07. The number of guanidine groups is 1. The number of rotatable bonds is 14. The van der Waals surface area contributed by atoms with Crippen LogP contribution in [0.2, 0.25) is 0 Å². The van der Waals surface area contributed by atoms with Gasteiger partial charge in [-0.05, 0) is 32.6 Å². The largest absolute Gasteiger partial charge is 0.382 e. The van der Waals surface area contributed by atoms with E-state index in [1.807, 2.05) is 6.92 Å². The van der Waals surface area contributed by atoms with Gasteiger partial charge in [-0.15, -0.1) is 10.2 Å². The zero-order valence-corrected chi connectivity index (χ0v) is 18.0. The maximum Gasteiger partial charge on any atom is 0.191 e. The SMILES string of the molecule is CCOCCCN=C(NCCn1cnnc1CC)NC(C)CCCC(C)C. The Hall–Kier alpha value is -1.63. The molecule has 0 radical (unpaired) electrons. The van der Waals surface area contributed by atoms with Gasteiger partial charge in [0.25, 0.3) is 0 Å². The van der Waals surface area contributed by atoms with Gasteiger partial charge in [-0.2, -0.15) is 0 Å². The molecule has 0 saturated heterocycles. The predicted molar refractivity (Wildman–Crippen MR) is 112 cm³/mol. The lowest BCUT2D eigenvalue weighted by atomic mass is 10.0. The normalized spacial score (nSPS) is 13.2. The molecule has 156 valence electrons. The van der Waals surface area contributed by atoms with Crippen LogP contribution in [0.1, 0.15) is 66.1 Å². The van der Waals surface area contributed by atoms with Gasteiger partial charge in [0.15, 0.2) is 5.96 Å². The molecule has 0 aliphatic carbocycles. The molecule has 0 fully saturated rings. The summed E-state index contributed by atoms with van der Waals surface area (Å²) in [6.45, 7) is 14.8. The maximum atomic E-state index is 5.40. The molecule has 0 aliphatic heterocycles. The third kappa shape index (κ3) is 11.0. The molecule has 0 saturated carbocycles. The minimum atomic E-state index is 0.406. The van der Waals surface area contributed by atoms with Crippen molar-refractivity contribution in [1.82, 2.24) is 25.4 Å². The van der Waals surface area contributed by atoms with Crippen molar-refractivity contribution in [1.29, 1.82) is 0 Å². The molecule has 7 heteroatoms. The first-order valence-corrected chi connectivity index (χ1v) is 10.6. The fraction of sp³-hybridized carbons (Fsp3) is 0.850. The fourth-order valence-electron chi connectivity index (χ4n) is 2.83. The summed E-state index contributed by atoms with van der Waals surface area (Å²) in [6, 6.07) is 0.406. The van der Waals surface area contributed by atoms with Crippen molar-refractivity contribution in [3.05, 3.63) is 12.2 Å². The van der Waals surface area contributed by atoms with E-state index >= 15 is 0 Å². The summed E-state index contributed by atoms with van der Waals surface area (Å²) >= 11 is 0. The van der Waals surface area contributed by atoms with E-state index < -0.39 is 0 Å². The first-order valence-electron chi connectivity index (χ1n) is 10.6. The van der Waals surface area contributed by atoms with Gasteiger partial charge in [0.05, 0.1) is 0 Å². The van der Waals surface area contributed by atoms with E-state index in [0.717, 1.165) is 69.8 Å². The number of aromatic nitrogens is 3. The quantitative estimate of drug-likeness (QED) is 0.295. The third-order valence-corrected chi connectivity index (χ3v) is 4.38. The standard InChI is InChI=1S/C20H40N6O/c1-6-19-25-23-16-26(19)14-13-22-20(21-12-9-15-27-7-2)24-18(5)11-8-10-17(3)4/h16-18H,6-15H2,1-5H3,(H2,21,22,24). The predicted octanol–water partition coefficient (Wildman–Crippen LogP) is 3.02. The zero-order valence-electron chi connectivity index (χ0n) is 18.0. The highest BCUT2D eigenvalue weighted by Crippen LogP contribution is 2.08. The van der Waals surface area contributed by atoms with Crippen LogP contribution < -0.4 is 10.6 Å². The number of aliphatic imine (C=N–C) groups is 1. The van der Waals surface area contributed by atoms with Crippen LogP contribution in [-0.2, 0) is 17.7 Å². The van der Waals surface area contributed by atoms with Crippen LogP contribution in [0, 0.1) is 5.92 Å². The number of nitrogens with zero attached hydrogens (tertiary/aromatic N) is 4. The Bertz CT molecular complexity index is 514. The van der Waals surface area contributed by atoms with Gasteiger partial charge in [0.2, 0.25) is 0 Å². The van der Waals surface area contributed by atoms with Crippen molar-refractivity contribution in [3.8, 4) is 0 Å². The molecule has 7 nitrogen and oxygen atoms in total. The number of hydrogen-bond acceptors (Lipinski definition) is 4. The van der Waals surface area contributed by atoms with Crippen molar-refractivity contribution in [2.75, 3.05) is 26.3 Å². The van der Waals surface area contributed by atoms with Crippen LogP contribution in [0.15, 0.2) is 11.3 Å². The summed E-state index contributed by atoms with van der Waals surface area (Å²) < 4.78 is 7.49. The summed E-state index contributed by atoms with van der Waals surface area (Å²) in [6.07, 6.45) is 7.29. The van der Waals surface area contributed by atoms with E-state index in [2.05, 4.69) is 53.1 Å². The Morgan fingerprint density at radius 1 is 1.22 bits per heavy atom. The lowest BCUT2D eigenvalue weighted by Crippen LogP contribution is -2.43.